The fraction of sp³-hybridized carbons (Fsp3) is 0.458. The zero-order chi connectivity index (χ0) is 20.1. The van der Waals surface area contributed by atoms with Crippen LogP contribution in [0.5, 0.6) is 5.75 Å². The SMILES string of the molecule is Cc1ccc(C(C)C)c(OCC(=O)NCCCN2c3ccccc3C[C@H]2C)c1. The summed E-state index contributed by atoms with van der Waals surface area (Å²) in [5, 5.41) is 2.99. The smallest absolute Gasteiger partial charge is 0.257 e. The van der Waals surface area contributed by atoms with Gasteiger partial charge in [-0.3, -0.25) is 4.79 Å². The summed E-state index contributed by atoms with van der Waals surface area (Å²) in [5.41, 5.74) is 5.04. The molecule has 150 valence electrons. The number of nitrogens with one attached hydrogen (secondary N) is 1. The summed E-state index contributed by atoms with van der Waals surface area (Å²) in [5.74, 6) is 1.11. The summed E-state index contributed by atoms with van der Waals surface area (Å²) < 4.78 is 5.81. The molecule has 0 saturated carbocycles. The first-order valence-electron chi connectivity index (χ1n) is 10.3. The molecule has 3 rings (SSSR count). The molecule has 2 aromatic rings. The van der Waals surface area contributed by atoms with E-state index in [1.165, 1.54) is 11.3 Å². The van der Waals surface area contributed by atoms with Crippen LogP contribution in [0.25, 0.3) is 0 Å². The van der Waals surface area contributed by atoms with Crippen LogP contribution in [0.15, 0.2) is 42.5 Å². The first kappa shape index (κ1) is 20.2. The average molecular weight is 381 g/mol. The molecule has 0 aliphatic carbocycles. The van der Waals surface area contributed by atoms with Crippen molar-refractivity contribution in [3.8, 4) is 5.75 Å². The molecular formula is C24H32N2O2. The van der Waals surface area contributed by atoms with Crippen LogP contribution < -0.4 is 15.0 Å². The zero-order valence-corrected chi connectivity index (χ0v) is 17.5. The second kappa shape index (κ2) is 9.13. The summed E-state index contributed by atoms with van der Waals surface area (Å²) >= 11 is 0. The van der Waals surface area contributed by atoms with Gasteiger partial charge < -0.3 is 15.0 Å². The molecule has 1 N–H and O–H groups in total. The Balaban J connectivity index is 1.43. The van der Waals surface area contributed by atoms with E-state index in [2.05, 4.69) is 67.4 Å². The molecule has 1 aliphatic heterocycles. The lowest BCUT2D eigenvalue weighted by Gasteiger charge is -2.25. The van der Waals surface area contributed by atoms with E-state index in [0.29, 0.717) is 18.5 Å². The zero-order valence-electron chi connectivity index (χ0n) is 17.5. The van der Waals surface area contributed by atoms with Crippen LogP contribution in [-0.2, 0) is 11.2 Å². The van der Waals surface area contributed by atoms with Gasteiger partial charge in [0.25, 0.3) is 5.91 Å². The van der Waals surface area contributed by atoms with Gasteiger partial charge in [-0.25, -0.2) is 0 Å². The molecule has 0 radical (unpaired) electrons. The van der Waals surface area contributed by atoms with Crippen molar-refractivity contribution < 1.29 is 9.53 Å². The maximum atomic E-state index is 12.2. The second-order valence-electron chi connectivity index (χ2n) is 8.06. The van der Waals surface area contributed by atoms with Crippen LogP contribution in [0.2, 0.25) is 0 Å². The second-order valence-corrected chi connectivity index (χ2v) is 8.06. The third kappa shape index (κ3) is 4.86. The van der Waals surface area contributed by atoms with Crippen molar-refractivity contribution in [1.82, 2.24) is 5.32 Å². The van der Waals surface area contributed by atoms with Gasteiger partial charge in [-0.05, 0) is 61.4 Å². The normalized spacial score (nSPS) is 15.6. The molecule has 1 amide bonds. The molecule has 0 fully saturated rings. The maximum Gasteiger partial charge on any atom is 0.257 e. The molecule has 0 spiro atoms. The van der Waals surface area contributed by atoms with Gasteiger partial charge >= 0.3 is 0 Å². The fourth-order valence-corrected chi connectivity index (χ4v) is 3.89. The maximum absolute atomic E-state index is 12.2. The number of aryl methyl sites for hydroxylation is 1. The van der Waals surface area contributed by atoms with E-state index in [1.54, 1.807) is 0 Å². The number of nitrogens with zero attached hydrogens (tertiary/aromatic N) is 1. The van der Waals surface area contributed by atoms with Crippen molar-refractivity contribution >= 4 is 11.6 Å². The molecule has 0 bridgehead atoms. The van der Waals surface area contributed by atoms with Gasteiger partial charge in [-0.1, -0.05) is 44.2 Å². The Bertz CT molecular complexity index is 816. The number of rotatable bonds is 8. The monoisotopic (exact) mass is 380 g/mol. The summed E-state index contributed by atoms with van der Waals surface area (Å²) in [6.45, 7) is 10.2. The lowest BCUT2D eigenvalue weighted by molar-refractivity contribution is -0.123. The Morgan fingerprint density at radius 2 is 2.04 bits per heavy atom. The van der Waals surface area contributed by atoms with E-state index in [-0.39, 0.29) is 12.5 Å². The number of carbonyl (C=O) groups excluding carboxylic acids is 1. The first-order chi connectivity index (χ1) is 13.5. The number of benzene rings is 2. The van der Waals surface area contributed by atoms with Gasteiger partial charge in [0.15, 0.2) is 6.61 Å². The van der Waals surface area contributed by atoms with Crippen molar-refractivity contribution in [2.45, 2.75) is 52.5 Å². The Morgan fingerprint density at radius 3 is 2.82 bits per heavy atom. The molecular weight excluding hydrogens is 348 g/mol. The van der Waals surface area contributed by atoms with Gasteiger partial charge in [-0.15, -0.1) is 0 Å². The highest BCUT2D eigenvalue weighted by Gasteiger charge is 2.24. The third-order valence-corrected chi connectivity index (χ3v) is 5.40. The fourth-order valence-electron chi connectivity index (χ4n) is 3.89. The number of carbonyl (C=O) groups is 1. The molecule has 0 aromatic heterocycles. The Labute approximate surface area is 168 Å². The van der Waals surface area contributed by atoms with Gasteiger partial charge in [0.05, 0.1) is 0 Å². The molecule has 0 saturated heterocycles. The van der Waals surface area contributed by atoms with Crippen molar-refractivity contribution in [3.05, 3.63) is 59.2 Å². The largest absolute Gasteiger partial charge is 0.483 e. The highest BCUT2D eigenvalue weighted by Crippen LogP contribution is 2.31. The lowest BCUT2D eigenvalue weighted by atomic mass is 10.0. The van der Waals surface area contributed by atoms with E-state index in [0.717, 1.165) is 36.3 Å². The summed E-state index contributed by atoms with van der Waals surface area (Å²) in [6.07, 6.45) is 2.02. The topological polar surface area (TPSA) is 41.6 Å². The van der Waals surface area contributed by atoms with Gasteiger partial charge in [0, 0.05) is 24.8 Å². The quantitative estimate of drug-likeness (QED) is 0.688. The van der Waals surface area contributed by atoms with Crippen LogP contribution in [0.3, 0.4) is 0 Å². The summed E-state index contributed by atoms with van der Waals surface area (Å²) in [4.78, 5) is 14.6. The van der Waals surface area contributed by atoms with Crippen LogP contribution in [0.1, 0.15) is 49.8 Å². The molecule has 4 nitrogen and oxygen atoms in total. The van der Waals surface area contributed by atoms with E-state index in [9.17, 15) is 4.79 Å². The Morgan fingerprint density at radius 1 is 1.25 bits per heavy atom. The number of anilines is 1. The number of fused-ring (bicyclic) bond motifs is 1. The van der Waals surface area contributed by atoms with E-state index >= 15 is 0 Å². The van der Waals surface area contributed by atoms with E-state index in [1.807, 2.05) is 13.0 Å². The van der Waals surface area contributed by atoms with Crippen molar-refractivity contribution in [2.75, 3.05) is 24.6 Å². The predicted octanol–water partition coefficient (Wildman–Crippen LogP) is 4.45. The molecule has 1 heterocycles. The van der Waals surface area contributed by atoms with Gasteiger partial charge in [-0.2, -0.15) is 0 Å². The molecule has 0 unspecified atom stereocenters. The number of para-hydroxylation sites is 1. The van der Waals surface area contributed by atoms with Gasteiger partial charge in [0.2, 0.25) is 0 Å². The molecule has 1 atom stereocenters. The Hall–Kier alpha value is -2.49. The highest BCUT2D eigenvalue weighted by atomic mass is 16.5. The summed E-state index contributed by atoms with van der Waals surface area (Å²) in [6, 6.07) is 15.3. The standard InChI is InChI=1S/C24H32N2O2/c1-17(2)21-11-10-18(3)14-23(21)28-16-24(27)25-12-7-13-26-19(4)15-20-8-5-6-9-22(20)26/h5-6,8-11,14,17,19H,7,12-13,15-16H2,1-4H3,(H,25,27)/t19-/m1/s1. The number of hydrogen-bond donors (Lipinski definition) is 1. The van der Waals surface area contributed by atoms with Crippen LogP contribution in [-0.4, -0.2) is 31.6 Å². The molecule has 2 aromatic carbocycles. The summed E-state index contributed by atoms with van der Waals surface area (Å²) in [7, 11) is 0. The molecule has 1 aliphatic rings. The minimum Gasteiger partial charge on any atom is -0.483 e. The van der Waals surface area contributed by atoms with Crippen molar-refractivity contribution in [1.29, 1.82) is 0 Å². The number of ether oxygens (including phenoxy) is 1. The number of amides is 1. The Kier molecular flexibility index (Phi) is 6.61. The van der Waals surface area contributed by atoms with Crippen molar-refractivity contribution in [3.63, 3.8) is 0 Å². The highest BCUT2D eigenvalue weighted by molar-refractivity contribution is 5.77. The van der Waals surface area contributed by atoms with Crippen LogP contribution in [0.4, 0.5) is 5.69 Å². The lowest BCUT2D eigenvalue weighted by Crippen LogP contribution is -2.34. The third-order valence-electron chi connectivity index (χ3n) is 5.40. The molecule has 4 heteroatoms. The van der Waals surface area contributed by atoms with Crippen LogP contribution in [0, 0.1) is 6.92 Å². The minimum atomic E-state index is -0.0638. The predicted molar refractivity (Wildman–Crippen MR) is 115 cm³/mol. The van der Waals surface area contributed by atoms with Crippen molar-refractivity contribution in [2.24, 2.45) is 0 Å². The van der Waals surface area contributed by atoms with Crippen LogP contribution >= 0.6 is 0 Å². The number of hydrogen-bond acceptors (Lipinski definition) is 3. The average Bonchev–Trinajstić information content (AvgIpc) is 2.98. The van der Waals surface area contributed by atoms with Gasteiger partial charge in [0.1, 0.15) is 5.75 Å². The first-order valence-corrected chi connectivity index (χ1v) is 10.3. The van der Waals surface area contributed by atoms with E-state index < -0.39 is 0 Å². The minimum absolute atomic E-state index is 0.0616. The van der Waals surface area contributed by atoms with E-state index in [4.69, 9.17) is 4.74 Å². The molecule has 28 heavy (non-hydrogen) atoms.